The first kappa shape index (κ1) is 27.6. The van der Waals surface area contributed by atoms with Gasteiger partial charge in [0.2, 0.25) is 11.9 Å². The van der Waals surface area contributed by atoms with Crippen molar-refractivity contribution in [3.8, 4) is 0 Å². The second kappa shape index (κ2) is 12.0. The summed E-state index contributed by atoms with van der Waals surface area (Å²) in [6, 6.07) is 12.6. The molecule has 1 aromatic carbocycles. The van der Waals surface area contributed by atoms with E-state index in [-0.39, 0.29) is 23.6 Å². The fourth-order valence-corrected chi connectivity index (χ4v) is 5.74. The first-order chi connectivity index (χ1) is 18.8. The summed E-state index contributed by atoms with van der Waals surface area (Å²) in [7, 11) is 0. The third-order valence-electron chi connectivity index (χ3n) is 8.02. The Morgan fingerprint density at radius 2 is 1.72 bits per heavy atom. The van der Waals surface area contributed by atoms with Crippen molar-refractivity contribution >= 4 is 34.5 Å². The van der Waals surface area contributed by atoms with Crippen molar-refractivity contribution in [2.24, 2.45) is 5.92 Å². The number of carbonyl (C=O) groups excluding carboxylic acids is 1. The van der Waals surface area contributed by atoms with E-state index in [0.29, 0.717) is 29.9 Å². The summed E-state index contributed by atoms with van der Waals surface area (Å²) in [6.45, 7) is 9.40. The smallest absolute Gasteiger partial charge is 0.252 e. The number of piperazine rings is 1. The lowest BCUT2D eigenvalue weighted by Gasteiger charge is -2.40. The van der Waals surface area contributed by atoms with E-state index in [9.17, 15) is 9.59 Å². The lowest BCUT2D eigenvalue weighted by atomic mass is 9.96. The van der Waals surface area contributed by atoms with Crippen LogP contribution in [0, 0.1) is 5.92 Å². The number of fused-ring (bicyclic) bond motifs is 1. The van der Waals surface area contributed by atoms with Gasteiger partial charge < -0.3 is 10.2 Å². The molecule has 3 heterocycles. The van der Waals surface area contributed by atoms with E-state index in [2.05, 4.69) is 46.4 Å². The highest BCUT2D eigenvalue weighted by Crippen LogP contribution is 2.40. The van der Waals surface area contributed by atoms with Gasteiger partial charge in [0.25, 0.3) is 5.56 Å². The van der Waals surface area contributed by atoms with Crippen LogP contribution in [0.5, 0.6) is 0 Å². The van der Waals surface area contributed by atoms with E-state index >= 15 is 0 Å². The zero-order chi connectivity index (χ0) is 27.5. The summed E-state index contributed by atoms with van der Waals surface area (Å²) >= 11 is 5.78. The predicted octanol–water partition coefficient (Wildman–Crippen LogP) is 5.16. The molecule has 0 unspecified atom stereocenters. The van der Waals surface area contributed by atoms with Crippen LogP contribution in [-0.2, 0) is 4.79 Å². The molecule has 3 aromatic rings. The number of benzene rings is 1. The van der Waals surface area contributed by atoms with Gasteiger partial charge in [-0.3, -0.25) is 19.1 Å². The molecule has 0 spiro atoms. The summed E-state index contributed by atoms with van der Waals surface area (Å²) < 4.78 is 1.70. The number of nitrogens with zero attached hydrogens (tertiary/aromatic N) is 5. The molecule has 9 heteroatoms. The maximum absolute atomic E-state index is 12.4. The number of halogens is 1. The number of hydrogen-bond donors (Lipinski definition) is 1. The maximum Gasteiger partial charge on any atom is 0.252 e. The molecule has 208 valence electrons. The molecule has 2 aromatic heterocycles. The Kier molecular flexibility index (Phi) is 8.52. The highest BCUT2D eigenvalue weighted by molar-refractivity contribution is 6.18. The Morgan fingerprint density at radius 1 is 1.03 bits per heavy atom. The van der Waals surface area contributed by atoms with Gasteiger partial charge in [-0.05, 0) is 50.3 Å². The standard InChI is InChI=1S/C30H39ClN6O2/c1-20(2)37-28(39)11-10-25-19-32-30(34-29(25)37)33-21(3)23-6-8-24(9-7-23)26(18-22-4-5-22)35-14-16-36(17-15-35)27(38)12-13-31/h6-11,19-22,26H,4-5,12-18H2,1-3H3,(H,32,33,34)/t21-,26-/m0/s1. The molecule has 5 rings (SSSR count). The molecule has 39 heavy (non-hydrogen) atoms. The molecule has 2 aliphatic rings. The van der Waals surface area contributed by atoms with Crippen LogP contribution in [-0.4, -0.2) is 62.3 Å². The van der Waals surface area contributed by atoms with Gasteiger partial charge in [-0.25, -0.2) is 4.98 Å². The Hall–Kier alpha value is -2.97. The van der Waals surface area contributed by atoms with Gasteiger partial charge >= 0.3 is 0 Å². The predicted molar refractivity (Wildman–Crippen MR) is 156 cm³/mol. The number of aromatic nitrogens is 3. The normalized spacial score (nSPS) is 17.9. The fraction of sp³-hybridized carbons (Fsp3) is 0.533. The van der Waals surface area contributed by atoms with Crippen LogP contribution in [0.1, 0.15) is 75.7 Å². The number of amides is 1. The second-order valence-electron chi connectivity index (χ2n) is 11.2. The minimum atomic E-state index is -0.0604. The Morgan fingerprint density at radius 3 is 2.36 bits per heavy atom. The summed E-state index contributed by atoms with van der Waals surface area (Å²) in [5.74, 6) is 1.86. The summed E-state index contributed by atoms with van der Waals surface area (Å²) in [4.78, 5) is 38.4. The SMILES string of the molecule is CC(C)n1c(=O)ccc2cnc(N[C@@H](C)c3ccc([C@H](CC4CC4)N4CCN(C(=O)CCCl)CC4)cc3)nc21. The minimum absolute atomic E-state index is 0.00203. The number of rotatable bonds is 10. The van der Waals surface area contributed by atoms with Gasteiger partial charge in [0.15, 0.2) is 0 Å². The number of nitrogens with one attached hydrogen (secondary N) is 1. The molecule has 0 bridgehead atoms. The third kappa shape index (κ3) is 6.44. The van der Waals surface area contributed by atoms with E-state index < -0.39 is 0 Å². The summed E-state index contributed by atoms with van der Waals surface area (Å²) in [5, 5.41) is 4.27. The Bertz CT molecular complexity index is 1350. The number of pyridine rings is 1. The van der Waals surface area contributed by atoms with Crippen molar-refractivity contribution in [1.82, 2.24) is 24.3 Å². The van der Waals surface area contributed by atoms with Crippen LogP contribution >= 0.6 is 11.6 Å². The number of alkyl halides is 1. The van der Waals surface area contributed by atoms with Crippen molar-refractivity contribution in [2.45, 2.75) is 64.6 Å². The van der Waals surface area contributed by atoms with Crippen molar-refractivity contribution < 1.29 is 4.79 Å². The molecule has 1 N–H and O–H groups in total. The highest BCUT2D eigenvalue weighted by Gasteiger charge is 2.32. The molecule has 8 nitrogen and oxygen atoms in total. The van der Waals surface area contributed by atoms with Gasteiger partial charge in [-0.1, -0.05) is 37.1 Å². The average molecular weight is 551 g/mol. The number of carbonyl (C=O) groups is 1. The number of hydrogen-bond acceptors (Lipinski definition) is 6. The molecule has 1 saturated carbocycles. The van der Waals surface area contributed by atoms with Gasteiger partial charge in [0.1, 0.15) is 5.65 Å². The molecular formula is C30H39ClN6O2. The Balaban J connectivity index is 1.28. The quantitative estimate of drug-likeness (QED) is 0.351. The van der Waals surface area contributed by atoms with Crippen LogP contribution in [0.3, 0.4) is 0 Å². The minimum Gasteiger partial charge on any atom is -0.348 e. The van der Waals surface area contributed by atoms with Crippen LogP contribution in [0.4, 0.5) is 5.95 Å². The zero-order valence-corrected chi connectivity index (χ0v) is 23.9. The monoisotopic (exact) mass is 550 g/mol. The van der Waals surface area contributed by atoms with Gasteiger partial charge in [0.05, 0.1) is 6.04 Å². The first-order valence-electron chi connectivity index (χ1n) is 14.2. The van der Waals surface area contributed by atoms with E-state index in [0.717, 1.165) is 43.0 Å². The van der Waals surface area contributed by atoms with Crippen LogP contribution < -0.4 is 10.9 Å². The molecule has 0 radical (unpaired) electrons. The summed E-state index contributed by atoms with van der Waals surface area (Å²) in [5.41, 5.74) is 3.07. The maximum atomic E-state index is 12.4. The lowest BCUT2D eigenvalue weighted by molar-refractivity contribution is -0.132. The van der Waals surface area contributed by atoms with Crippen molar-refractivity contribution in [3.05, 3.63) is 64.1 Å². The molecule has 2 fully saturated rings. The van der Waals surface area contributed by atoms with Crippen molar-refractivity contribution in [3.63, 3.8) is 0 Å². The van der Waals surface area contributed by atoms with E-state index in [1.807, 2.05) is 18.7 Å². The zero-order valence-electron chi connectivity index (χ0n) is 23.1. The molecule has 1 aliphatic heterocycles. The van der Waals surface area contributed by atoms with E-state index in [4.69, 9.17) is 16.6 Å². The van der Waals surface area contributed by atoms with Crippen LogP contribution in [0.25, 0.3) is 11.0 Å². The largest absolute Gasteiger partial charge is 0.348 e. The lowest BCUT2D eigenvalue weighted by Crippen LogP contribution is -2.49. The molecular weight excluding hydrogens is 512 g/mol. The first-order valence-corrected chi connectivity index (χ1v) is 14.7. The number of anilines is 1. The van der Waals surface area contributed by atoms with Gasteiger partial charge in [0, 0.05) is 68.2 Å². The summed E-state index contributed by atoms with van der Waals surface area (Å²) in [6.07, 6.45) is 6.00. The topological polar surface area (TPSA) is 83.4 Å². The molecule has 1 amide bonds. The molecule has 1 saturated heterocycles. The molecule has 1 aliphatic carbocycles. The third-order valence-corrected chi connectivity index (χ3v) is 8.21. The van der Waals surface area contributed by atoms with Crippen LogP contribution in [0.15, 0.2) is 47.4 Å². The Labute approximate surface area is 235 Å². The van der Waals surface area contributed by atoms with Crippen molar-refractivity contribution in [1.29, 1.82) is 0 Å². The highest BCUT2D eigenvalue weighted by atomic mass is 35.5. The van der Waals surface area contributed by atoms with E-state index in [1.165, 1.54) is 24.8 Å². The van der Waals surface area contributed by atoms with Gasteiger partial charge in [-0.2, -0.15) is 4.98 Å². The fourth-order valence-electron chi connectivity index (χ4n) is 5.58. The molecule has 2 atom stereocenters. The van der Waals surface area contributed by atoms with E-state index in [1.54, 1.807) is 22.9 Å². The van der Waals surface area contributed by atoms with Crippen LogP contribution in [0.2, 0.25) is 0 Å². The average Bonchev–Trinajstić information content (AvgIpc) is 3.76. The van der Waals surface area contributed by atoms with Crippen molar-refractivity contribution in [2.75, 3.05) is 37.4 Å². The van der Waals surface area contributed by atoms with Gasteiger partial charge in [-0.15, -0.1) is 11.6 Å². The second-order valence-corrected chi connectivity index (χ2v) is 11.6.